The zero-order chi connectivity index (χ0) is 16.3. The molecular weight excluding hydrogens is 314 g/mol. The molecule has 1 heterocycles. The van der Waals surface area contributed by atoms with Crippen LogP contribution in [0.3, 0.4) is 0 Å². The molecule has 0 amide bonds. The normalized spacial score (nSPS) is 13.8. The van der Waals surface area contributed by atoms with Crippen molar-refractivity contribution in [3.05, 3.63) is 65.1 Å². The highest BCUT2D eigenvalue weighted by atomic mass is 32.2. The van der Waals surface area contributed by atoms with Gasteiger partial charge in [0.25, 0.3) is 0 Å². The van der Waals surface area contributed by atoms with Crippen LogP contribution in [0.2, 0.25) is 0 Å². The number of hydrogen-bond acceptors (Lipinski definition) is 4. The summed E-state index contributed by atoms with van der Waals surface area (Å²) in [7, 11) is -1.94. The molecule has 0 N–H and O–H groups in total. The fourth-order valence-electron chi connectivity index (χ4n) is 2.22. The molecule has 0 atom stereocenters. The van der Waals surface area contributed by atoms with Gasteiger partial charge in [-0.05, 0) is 29.3 Å². The highest BCUT2D eigenvalue weighted by Gasteiger charge is 2.17. The number of sulfonamides is 1. The zero-order valence-electron chi connectivity index (χ0n) is 12.7. The van der Waals surface area contributed by atoms with E-state index in [-0.39, 0.29) is 13.3 Å². The van der Waals surface area contributed by atoms with Gasteiger partial charge in [-0.2, -0.15) is 4.31 Å². The fraction of sp³-hybridized carbons (Fsp3) is 0.176. The minimum absolute atomic E-state index is 0.201. The first-order valence-corrected chi connectivity index (χ1v) is 8.63. The van der Waals surface area contributed by atoms with Gasteiger partial charge in [0.05, 0.1) is 0 Å². The van der Waals surface area contributed by atoms with Crippen LogP contribution in [0.4, 0.5) is 0 Å². The van der Waals surface area contributed by atoms with Crippen molar-refractivity contribution in [2.45, 2.75) is 6.54 Å². The molecule has 1 aliphatic rings. The van der Waals surface area contributed by atoms with E-state index in [9.17, 15) is 8.42 Å². The van der Waals surface area contributed by atoms with Crippen LogP contribution in [0.25, 0.3) is 6.08 Å². The number of ether oxygens (including phenoxy) is 2. The van der Waals surface area contributed by atoms with Crippen LogP contribution in [0, 0.1) is 0 Å². The van der Waals surface area contributed by atoms with Crippen molar-refractivity contribution in [1.29, 1.82) is 0 Å². The summed E-state index contributed by atoms with van der Waals surface area (Å²) in [6, 6.07) is 14.7. The summed E-state index contributed by atoms with van der Waals surface area (Å²) >= 11 is 0. The van der Waals surface area contributed by atoms with E-state index in [1.54, 1.807) is 25.3 Å². The Morgan fingerprint density at radius 1 is 1.09 bits per heavy atom. The Kier molecular flexibility index (Phi) is 4.36. The average Bonchev–Trinajstić information content (AvgIpc) is 3.01. The van der Waals surface area contributed by atoms with E-state index in [1.165, 1.54) is 9.71 Å². The van der Waals surface area contributed by atoms with Crippen LogP contribution in [-0.2, 0) is 16.6 Å². The Bertz CT molecular complexity index is 816. The molecule has 0 spiro atoms. The van der Waals surface area contributed by atoms with Gasteiger partial charge in [-0.15, -0.1) is 0 Å². The number of nitrogens with zero attached hydrogens (tertiary/aromatic N) is 1. The molecule has 2 aromatic carbocycles. The largest absolute Gasteiger partial charge is 0.454 e. The van der Waals surface area contributed by atoms with E-state index >= 15 is 0 Å². The SMILES string of the molecule is CN(Cc1ccc2c(c1)OCO2)S(=O)(=O)/C=C/c1ccccc1. The van der Waals surface area contributed by atoms with E-state index in [2.05, 4.69) is 0 Å². The van der Waals surface area contributed by atoms with Crippen molar-refractivity contribution in [2.24, 2.45) is 0 Å². The van der Waals surface area contributed by atoms with Crippen LogP contribution in [0.15, 0.2) is 53.9 Å². The predicted molar refractivity (Wildman–Crippen MR) is 88.4 cm³/mol. The Morgan fingerprint density at radius 2 is 1.83 bits per heavy atom. The van der Waals surface area contributed by atoms with E-state index in [1.807, 2.05) is 36.4 Å². The molecule has 0 saturated heterocycles. The summed E-state index contributed by atoms with van der Waals surface area (Å²) in [5, 5.41) is 1.22. The fourth-order valence-corrected chi connectivity index (χ4v) is 3.08. The maximum Gasteiger partial charge on any atom is 0.236 e. The van der Waals surface area contributed by atoms with E-state index < -0.39 is 10.0 Å². The van der Waals surface area contributed by atoms with E-state index in [0.29, 0.717) is 11.5 Å². The van der Waals surface area contributed by atoms with Crippen molar-refractivity contribution >= 4 is 16.1 Å². The second-order valence-electron chi connectivity index (χ2n) is 5.20. The number of hydrogen-bond donors (Lipinski definition) is 0. The van der Waals surface area contributed by atoms with Crippen LogP contribution in [0.1, 0.15) is 11.1 Å². The molecule has 1 aliphatic heterocycles. The molecule has 2 aromatic rings. The highest BCUT2D eigenvalue weighted by Crippen LogP contribution is 2.32. The summed E-state index contributed by atoms with van der Waals surface area (Å²) in [4.78, 5) is 0. The van der Waals surface area contributed by atoms with Crippen molar-refractivity contribution in [3.63, 3.8) is 0 Å². The highest BCUT2D eigenvalue weighted by molar-refractivity contribution is 7.92. The van der Waals surface area contributed by atoms with Gasteiger partial charge in [0, 0.05) is 19.0 Å². The summed E-state index contributed by atoms with van der Waals surface area (Å²) in [5.74, 6) is 1.33. The average molecular weight is 331 g/mol. The third-order valence-electron chi connectivity index (χ3n) is 3.51. The third-order valence-corrected chi connectivity index (χ3v) is 4.99. The van der Waals surface area contributed by atoms with Gasteiger partial charge < -0.3 is 9.47 Å². The van der Waals surface area contributed by atoms with Crippen LogP contribution >= 0.6 is 0 Å². The van der Waals surface area contributed by atoms with Crippen molar-refractivity contribution in [2.75, 3.05) is 13.8 Å². The van der Waals surface area contributed by atoms with Gasteiger partial charge in [0.1, 0.15) is 0 Å². The van der Waals surface area contributed by atoms with Crippen LogP contribution in [-0.4, -0.2) is 26.6 Å². The van der Waals surface area contributed by atoms with Gasteiger partial charge in [-0.3, -0.25) is 0 Å². The Balaban J connectivity index is 1.71. The molecule has 23 heavy (non-hydrogen) atoms. The molecule has 0 bridgehead atoms. The van der Waals surface area contributed by atoms with Gasteiger partial charge in [-0.25, -0.2) is 8.42 Å². The van der Waals surface area contributed by atoms with Gasteiger partial charge >= 0.3 is 0 Å². The third kappa shape index (κ3) is 3.72. The molecule has 0 aromatic heterocycles. The van der Waals surface area contributed by atoms with Gasteiger partial charge in [-0.1, -0.05) is 36.4 Å². The topological polar surface area (TPSA) is 55.8 Å². The number of fused-ring (bicyclic) bond motifs is 1. The number of rotatable bonds is 5. The smallest absolute Gasteiger partial charge is 0.236 e. The van der Waals surface area contributed by atoms with E-state index in [4.69, 9.17) is 9.47 Å². The molecule has 0 aliphatic carbocycles. The molecule has 3 rings (SSSR count). The maximum atomic E-state index is 12.3. The summed E-state index contributed by atoms with van der Waals surface area (Å²) in [6.45, 7) is 0.463. The predicted octanol–water partition coefficient (Wildman–Crippen LogP) is 2.85. The van der Waals surface area contributed by atoms with E-state index in [0.717, 1.165) is 11.1 Å². The molecule has 0 fully saturated rings. The molecule has 5 nitrogen and oxygen atoms in total. The molecule has 120 valence electrons. The summed E-state index contributed by atoms with van der Waals surface area (Å²) < 4.78 is 36.5. The first kappa shape index (κ1) is 15.6. The lowest BCUT2D eigenvalue weighted by atomic mass is 10.2. The van der Waals surface area contributed by atoms with Crippen LogP contribution < -0.4 is 9.47 Å². The Labute approximate surface area is 135 Å². The summed E-state index contributed by atoms with van der Waals surface area (Å²) in [5.41, 5.74) is 1.68. The first-order valence-electron chi connectivity index (χ1n) is 7.12. The lowest BCUT2D eigenvalue weighted by molar-refractivity contribution is 0.174. The molecule has 0 radical (unpaired) electrons. The molecule has 0 unspecified atom stereocenters. The Morgan fingerprint density at radius 3 is 2.61 bits per heavy atom. The lowest BCUT2D eigenvalue weighted by Gasteiger charge is -2.15. The first-order chi connectivity index (χ1) is 11.0. The molecule has 0 saturated carbocycles. The number of benzene rings is 2. The zero-order valence-corrected chi connectivity index (χ0v) is 13.5. The second-order valence-corrected chi connectivity index (χ2v) is 7.13. The quantitative estimate of drug-likeness (QED) is 0.845. The van der Waals surface area contributed by atoms with Gasteiger partial charge in [0.15, 0.2) is 11.5 Å². The molecule has 6 heteroatoms. The van der Waals surface area contributed by atoms with Crippen molar-refractivity contribution in [1.82, 2.24) is 4.31 Å². The van der Waals surface area contributed by atoms with Crippen molar-refractivity contribution < 1.29 is 17.9 Å². The second kappa shape index (κ2) is 6.44. The van der Waals surface area contributed by atoms with Gasteiger partial charge in [0.2, 0.25) is 16.8 Å². The molecular formula is C17H17NO4S. The Hall–Kier alpha value is -2.31. The minimum atomic E-state index is -3.49. The van der Waals surface area contributed by atoms with Crippen LogP contribution in [0.5, 0.6) is 11.5 Å². The van der Waals surface area contributed by atoms with Crippen molar-refractivity contribution in [3.8, 4) is 11.5 Å². The summed E-state index contributed by atoms with van der Waals surface area (Å²) in [6.07, 6.45) is 1.59. The minimum Gasteiger partial charge on any atom is -0.454 e. The maximum absolute atomic E-state index is 12.3. The lowest BCUT2D eigenvalue weighted by Crippen LogP contribution is -2.24. The standard InChI is InChI=1S/C17H17NO4S/c1-18(12-15-7-8-16-17(11-15)22-13-21-16)23(19,20)10-9-14-5-3-2-4-6-14/h2-11H,12-13H2,1H3/b10-9+. The monoisotopic (exact) mass is 331 g/mol.